The molecule has 3 atom stereocenters. The summed E-state index contributed by atoms with van der Waals surface area (Å²) in [5, 5.41) is 2.59. The van der Waals surface area contributed by atoms with Crippen molar-refractivity contribution in [1.29, 1.82) is 0 Å². The summed E-state index contributed by atoms with van der Waals surface area (Å²) in [7, 11) is 0. The summed E-state index contributed by atoms with van der Waals surface area (Å²) in [5.74, 6) is 1.11. The molecule has 9 aromatic rings. The average Bonchev–Trinajstić information content (AvgIpc) is 3.70. The normalized spacial score (nSPS) is 20.0. The smallest absolute Gasteiger partial charge is 0.160 e. The second-order valence-corrected chi connectivity index (χ2v) is 20.1. The largest absolute Gasteiger partial charge is 0.256 e. The minimum Gasteiger partial charge on any atom is -0.256 e. The Morgan fingerprint density at radius 3 is 2.24 bits per heavy atom. The Morgan fingerprint density at radius 1 is 0.618 bits per heavy atom. The fourth-order valence-corrected chi connectivity index (χ4v) is 13.3. The van der Waals surface area contributed by atoms with Crippen LogP contribution < -0.4 is 0 Å². The monoisotopic (exact) mass is 892 g/mol. The van der Waals surface area contributed by atoms with E-state index in [0.29, 0.717) is 11.7 Å². The van der Waals surface area contributed by atoms with E-state index in [0.717, 1.165) is 76.4 Å². The molecule has 68 heavy (non-hydrogen) atoms. The molecule has 3 aliphatic carbocycles. The van der Waals surface area contributed by atoms with E-state index in [9.17, 15) is 0 Å². The number of hydrogen-bond donors (Lipinski definition) is 0. The molecule has 1 aliphatic heterocycles. The fourth-order valence-electron chi connectivity index (χ4n) is 12.0. The predicted molar refractivity (Wildman–Crippen MR) is 280 cm³/mol. The molecule has 1 spiro atoms. The first kappa shape index (κ1) is 40.8. The van der Waals surface area contributed by atoms with Gasteiger partial charge in [-0.3, -0.25) is 9.97 Å². The lowest BCUT2D eigenvalue weighted by atomic mass is 9.53. The van der Waals surface area contributed by atoms with Crippen molar-refractivity contribution in [3.05, 3.63) is 239 Å². The van der Waals surface area contributed by atoms with Crippen molar-refractivity contribution in [3.63, 3.8) is 0 Å². The summed E-state index contributed by atoms with van der Waals surface area (Å²) >= 11 is 1.97. The first-order valence-corrected chi connectivity index (χ1v) is 24.7. The molecule has 4 nitrogen and oxygen atoms in total. The van der Waals surface area contributed by atoms with Crippen LogP contribution in [0, 0.1) is 12.3 Å². The van der Waals surface area contributed by atoms with Crippen molar-refractivity contribution in [2.45, 2.75) is 55.8 Å². The first-order chi connectivity index (χ1) is 33.5. The summed E-state index contributed by atoms with van der Waals surface area (Å²) in [6.07, 6.45) is 15.4. The Bertz CT molecular complexity index is 3570. The van der Waals surface area contributed by atoms with Crippen LogP contribution in [0.5, 0.6) is 0 Å². The van der Waals surface area contributed by atoms with Crippen molar-refractivity contribution in [2.24, 2.45) is 5.41 Å². The molecule has 5 heteroatoms. The van der Waals surface area contributed by atoms with E-state index in [4.69, 9.17) is 15.0 Å². The third kappa shape index (κ3) is 6.36. The topological polar surface area (TPSA) is 51.6 Å². The van der Waals surface area contributed by atoms with Gasteiger partial charge in [-0.2, -0.15) is 0 Å². The van der Waals surface area contributed by atoms with Crippen LogP contribution in [0.15, 0.2) is 210 Å². The summed E-state index contributed by atoms with van der Waals surface area (Å²) in [5.41, 5.74) is 17.8. The predicted octanol–water partition coefficient (Wildman–Crippen LogP) is 16.0. The van der Waals surface area contributed by atoms with E-state index >= 15 is 0 Å². The zero-order chi connectivity index (χ0) is 45.4. The molecule has 0 saturated carbocycles. The number of pyridine rings is 2. The lowest BCUT2D eigenvalue weighted by molar-refractivity contribution is 0.280. The second kappa shape index (κ2) is 16.1. The molecule has 4 aliphatic rings. The Morgan fingerprint density at radius 2 is 1.41 bits per heavy atom. The molecule has 0 amide bonds. The van der Waals surface area contributed by atoms with Crippen LogP contribution in [0.1, 0.15) is 72.2 Å². The van der Waals surface area contributed by atoms with Gasteiger partial charge in [0.2, 0.25) is 0 Å². The highest BCUT2D eigenvalue weighted by atomic mass is 32.2. The van der Waals surface area contributed by atoms with Crippen LogP contribution in [-0.2, 0) is 5.41 Å². The Labute approximate surface area is 402 Å². The third-order valence-electron chi connectivity index (χ3n) is 15.2. The zero-order valence-corrected chi connectivity index (χ0v) is 39.0. The van der Waals surface area contributed by atoms with Gasteiger partial charge in [0.1, 0.15) is 0 Å². The fraction of sp³-hybridized carbons (Fsp3) is 0.143. The van der Waals surface area contributed by atoms with E-state index < -0.39 is 5.41 Å². The van der Waals surface area contributed by atoms with Crippen LogP contribution in [0.25, 0.3) is 72.6 Å². The van der Waals surface area contributed by atoms with Gasteiger partial charge < -0.3 is 0 Å². The van der Waals surface area contributed by atoms with Gasteiger partial charge >= 0.3 is 0 Å². The maximum absolute atomic E-state index is 5.51. The number of hydrogen-bond acceptors (Lipinski definition) is 5. The summed E-state index contributed by atoms with van der Waals surface area (Å²) in [6.45, 7) is 4.64. The van der Waals surface area contributed by atoms with Gasteiger partial charge in [0.25, 0.3) is 0 Å². The van der Waals surface area contributed by atoms with Crippen molar-refractivity contribution in [1.82, 2.24) is 19.9 Å². The highest BCUT2D eigenvalue weighted by Gasteiger charge is 2.61. The van der Waals surface area contributed by atoms with Crippen molar-refractivity contribution in [3.8, 4) is 56.3 Å². The Hall–Kier alpha value is -7.47. The van der Waals surface area contributed by atoms with Gasteiger partial charge in [0, 0.05) is 44.5 Å². The van der Waals surface area contributed by atoms with Crippen LogP contribution in [-0.4, -0.2) is 19.9 Å². The minimum atomic E-state index is -0.512. The molecular formula is C63H48N4S. The average molecular weight is 893 g/mol. The number of thioether (sulfide) groups is 1. The van der Waals surface area contributed by atoms with E-state index in [1.165, 1.54) is 59.5 Å². The number of aromatic nitrogens is 4. The van der Waals surface area contributed by atoms with E-state index in [1.54, 1.807) is 0 Å². The van der Waals surface area contributed by atoms with Gasteiger partial charge in [0.15, 0.2) is 5.82 Å². The molecular weight excluding hydrogens is 845 g/mol. The Kier molecular flexibility index (Phi) is 9.66. The number of fused-ring (bicyclic) bond motifs is 11. The second-order valence-electron chi connectivity index (χ2n) is 19.0. The molecule has 0 radical (unpaired) electrons. The first-order valence-electron chi connectivity index (χ1n) is 23.9. The summed E-state index contributed by atoms with van der Waals surface area (Å²) in [6, 6.07) is 62.1. The molecule has 0 bridgehead atoms. The van der Waals surface area contributed by atoms with Crippen LogP contribution in [0.4, 0.5) is 0 Å². The van der Waals surface area contributed by atoms with E-state index in [2.05, 4.69) is 201 Å². The standard InChI is InChI=1S/C63H48N4S/c1-40-14-12-22-54(65-40)44-26-24-41(25-27-44)47-32-34-49-52(38-47)63(60-48-18-7-6-15-42(48)33-35-57(60)68-58-23-8-10-36-62(58,63)2)51-20-13-19-50(59(49)51)56-39-55(66-61(67-56)46-16-4-3-5-17-46)45-30-28-43(29-31-45)53-21-9-11-37-64-53/h3-23,26,28-35,37-39,41H,24-25,27,36H2,1-2H3. The maximum atomic E-state index is 5.51. The van der Waals surface area contributed by atoms with Gasteiger partial charge in [-0.15, -0.1) is 0 Å². The SMILES string of the molecule is Cc1cccc(C2=CCC(c3ccc4c(c3)C3(c5cccc(-c6cc(-c7ccc(-c8ccccn8)cc7)nc(-c7ccccc7)n6)c5-4)c4c(ccc5ccccc45)SC4=CC=CCC43C)CC2)n1. The molecule has 4 heterocycles. The van der Waals surface area contributed by atoms with Gasteiger partial charge in [-0.25, -0.2) is 9.97 Å². The van der Waals surface area contributed by atoms with Crippen LogP contribution in [0.2, 0.25) is 0 Å². The molecule has 3 aromatic heterocycles. The van der Waals surface area contributed by atoms with Gasteiger partial charge in [-0.05, 0) is 130 Å². The molecule has 6 aromatic carbocycles. The van der Waals surface area contributed by atoms with Gasteiger partial charge in [-0.1, -0.05) is 176 Å². The van der Waals surface area contributed by atoms with Gasteiger partial charge in [0.05, 0.1) is 28.2 Å². The summed E-state index contributed by atoms with van der Waals surface area (Å²) in [4.78, 5) is 23.1. The molecule has 326 valence electrons. The molecule has 0 saturated heterocycles. The number of nitrogens with zero attached hydrogens (tertiary/aromatic N) is 4. The lowest BCUT2D eigenvalue weighted by Crippen LogP contribution is -2.48. The zero-order valence-electron chi connectivity index (χ0n) is 38.2. The van der Waals surface area contributed by atoms with Crippen molar-refractivity contribution < 1.29 is 0 Å². The lowest BCUT2D eigenvalue weighted by Gasteiger charge is -2.54. The third-order valence-corrected chi connectivity index (χ3v) is 16.6. The quantitative estimate of drug-likeness (QED) is 0.166. The van der Waals surface area contributed by atoms with Crippen LogP contribution in [0.3, 0.4) is 0 Å². The van der Waals surface area contributed by atoms with E-state index in [-0.39, 0.29) is 5.41 Å². The molecule has 0 fully saturated rings. The number of allylic oxidation sites excluding steroid dienone is 6. The highest BCUT2D eigenvalue weighted by molar-refractivity contribution is 8.03. The molecule has 0 N–H and O–H groups in total. The number of benzene rings is 6. The number of aryl methyl sites for hydroxylation is 1. The summed E-state index contributed by atoms with van der Waals surface area (Å²) < 4.78 is 0. The van der Waals surface area contributed by atoms with Crippen LogP contribution >= 0.6 is 11.8 Å². The number of rotatable bonds is 6. The molecule has 13 rings (SSSR count). The maximum Gasteiger partial charge on any atom is 0.160 e. The molecule has 3 unspecified atom stereocenters. The van der Waals surface area contributed by atoms with Crippen molar-refractivity contribution in [2.75, 3.05) is 0 Å². The van der Waals surface area contributed by atoms with E-state index in [1.807, 2.05) is 30.1 Å². The highest BCUT2D eigenvalue weighted by Crippen LogP contribution is 2.72. The minimum absolute atomic E-state index is 0.279. The Balaban J connectivity index is 1.05. The van der Waals surface area contributed by atoms with Crippen molar-refractivity contribution >= 4 is 28.1 Å².